The van der Waals surface area contributed by atoms with Crippen molar-refractivity contribution in [2.45, 2.75) is 32.6 Å². The van der Waals surface area contributed by atoms with Crippen molar-refractivity contribution in [2.24, 2.45) is 17.8 Å². The zero-order valence-electron chi connectivity index (χ0n) is 10.8. The van der Waals surface area contributed by atoms with Crippen LogP contribution >= 0.6 is 0 Å². The Kier molecular flexibility index (Phi) is 3.06. The molecule has 1 aromatic heterocycles. The maximum absolute atomic E-state index is 12.5. The SMILES string of the molecule is CCOc1cncc(C(=O)C2CC3CCC2C3)c1. The molecule has 3 rings (SSSR count). The molecule has 3 heteroatoms. The first kappa shape index (κ1) is 11.7. The van der Waals surface area contributed by atoms with E-state index in [0.29, 0.717) is 18.3 Å². The van der Waals surface area contributed by atoms with Gasteiger partial charge in [0.1, 0.15) is 5.75 Å². The van der Waals surface area contributed by atoms with Crippen LogP contribution in [0.2, 0.25) is 0 Å². The molecule has 3 atom stereocenters. The summed E-state index contributed by atoms with van der Waals surface area (Å²) in [5.74, 6) is 2.63. The van der Waals surface area contributed by atoms with Crippen LogP contribution in [0.4, 0.5) is 0 Å². The molecule has 2 aliphatic rings. The molecule has 0 N–H and O–H groups in total. The van der Waals surface area contributed by atoms with E-state index in [2.05, 4.69) is 4.98 Å². The number of fused-ring (bicyclic) bond motifs is 2. The average molecular weight is 245 g/mol. The van der Waals surface area contributed by atoms with Crippen molar-refractivity contribution < 1.29 is 9.53 Å². The quantitative estimate of drug-likeness (QED) is 0.765. The van der Waals surface area contributed by atoms with E-state index < -0.39 is 0 Å². The van der Waals surface area contributed by atoms with Gasteiger partial charge in [0.15, 0.2) is 5.78 Å². The van der Waals surface area contributed by atoms with Crippen LogP contribution in [-0.2, 0) is 0 Å². The number of ketones is 1. The maximum atomic E-state index is 12.5. The van der Waals surface area contributed by atoms with E-state index in [1.54, 1.807) is 12.4 Å². The maximum Gasteiger partial charge on any atom is 0.167 e. The summed E-state index contributed by atoms with van der Waals surface area (Å²) < 4.78 is 5.41. The van der Waals surface area contributed by atoms with E-state index in [-0.39, 0.29) is 11.7 Å². The van der Waals surface area contributed by atoms with Gasteiger partial charge in [-0.1, -0.05) is 6.42 Å². The highest BCUT2D eigenvalue weighted by Gasteiger charge is 2.43. The van der Waals surface area contributed by atoms with E-state index in [4.69, 9.17) is 4.74 Å². The second-order valence-electron chi connectivity index (χ2n) is 5.49. The largest absolute Gasteiger partial charge is 0.492 e. The average Bonchev–Trinajstić information content (AvgIpc) is 3.01. The van der Waals surface area contributed by atoms with Crippen molar-refractivity contribution >= 4 is 5.78 Å². The minimum Gasteiger partial charge on any atom is -0.492 e. The van der Waals surface area contributed by atoms with Crippen molar-refractivity contribution in [1.29, 1.82) is 0 Å². The van der Waals surface area contributed by atoms with E-state index >= 15 is 0 Å². The molecule has 96 valence electrons. The summed E-state index contributed by atoms with van der Waals surface area (Å²) in [6, 6.07) is 1.84. The summed E-state index contributed by atoms with van der Waals surface area (Å²) >= 11 is 0. The number of carbonyl (C=O) groups excluding carboxylic acids is 1. The highest BCUT2D eigenvalue weighted by atomic mass is 16.5. The molecule has 0 saturated heterocycles. The zero-order chi connectivity index (χ0) is 12.5. The number of hydrogen-bond acceptors (Lipinski definition) is 3. The summed E-state index contributed by atoms with van der Waals surface area (Å²) in [6.07, 6.45) is 8.25. The number of hydrogen-bond donors (Lipinski definition) is 0. The Labute approximate surface area is 108 Å². The van der Waals surface area contributed by atoms with Gasteiger partial charge in [-0.05, 0) is 44.1 Å². The topological polar surface area (TPSA) is 39.2 Å². The number of carbonyl (C=O) groups is 1. The third-order valence-corrected chi connectivity index (χ3v) is 4.38. The first-order valence-corrected chi connectivity index (χ1v) is 6.90. The number of ether oxygens (including phenoxy) is 1. The predicted molar refractivity (Wildman–Crippen MR) is 68.7 cm³/mol. The molecule has 2 bridgehead atoms. The van der Waals surface area contributed by atoms with Crippen LogP contribution in [0.25, 0.3) is 0 Å². The molecular weight excluding hydrogens is 226 g/mol. The summed E-state index contributed by atoms with van der Waals surface area (Å²) in [5, 5.41) is 0. The molecule has 0 aliphatic heterocycles. The number of aromatic nitrogens is 1. The fraction of sp³-hybridized carbons (Fsp3) is 0.600. The van der Waals surface area contributed by atoms with Crippen LogP contribution in [0.15, 0.2) is 18.5 Å². The summed E-state index contributed by atoms with van der Waals surface area (Å²) in [7, 11) is 0. The Bertz CT molecular complexity index is 458. The van der Waals surface area contributed by atoms with Gasteiger partial charge in [-0.2, -0.15) is 0 Å². The van der Waals surface area contributed by atoms with Crippen LogP contribution in [0.1, 0.15) is 43.0 Å². The van der Waals surface area contributed by atoms with Crippen molar-refractivity contribution in [3.05, 3.63) is 24.0 Å². The van der Waals surface area contributed by atoms with Crippen molar-refractivity contribution in [3.8, 4) is 5.75 Å². The molecule has 2 fully saturated rings. The lowest BCUT2D eigenvalue weighted by molar-refractivity contribution is 0.0874. The second-order valence-corrected chi connectivity index (χ2v) is 5.49. The normalized spacial score (nSPS) is 29.5. The lowest BCUT2D eigenvalue weighted by atomic mass is 9.83. The van der Waals surface area contributed by atoms with Crippen molar-refractivity contribution in [1.82, 2.24) is 4.98 Å². The second kappa shape index (κ2) is 4.71. The van der Waals surface area contributed by atoms with Crippen LogP contribution in [0, 0.1) is 17.8 Å². The predicted octanol–water partition coefficient (Wildman–Crippen LogP) is 3.10. The molecular formula is C15H19NO2. The molecule has 3 nitrogen and oxygen atoms in total. The molecule has 1 heterocycles. The first-order valence-electron chi connectivity index (χ1n) is 6.90. The van der Waals surface area contributed by atoms with E-state index in [1.807, 2.05) is 13.0 Å². The molecule has 2 saturated carbocycles. The van der Waals surface area contributed by atoms with Crippen LogP contribution < -0.4 is 4.74 Å². The lowest BCUT2D eigenvalue weighted by Gasteiger charge is -2.20. The van der Waals surface area contributed by atoms with Gasteiger partial charge < -0.3 is 4.74 Å². The number of rotatable bonds is 4. The molecule has 1 aromatic rings. The van der Waals surface area contributed by atoms with E-state index in [0.717, 1.165) is 17.9 Å². The van der Waals surface area contributed by atoms with Crippen molar-refractivity contribution in [3.63, 3.8) is 0 Å². The lowest BCUT2D eigenvalue weighted by Crippen LogP contribution is -2.21. The summed E-state index contributed by atoms with van der Waals surface area (Å²) in [5.41, 5.74) is 0.721. The smallest absolute Gasteiger partial charge is 0.167 e. The third kappa shape index (κ3) is 2.02. The van der Waals surface area contributed by atoms with Gasteiger partial charge in [-0.15, -0.1) is 0 Å². The minimum atomic E-state index is 0.238. The Balaban J connectivity index is 1.77. The van der Waals surface area contributed by atoms with Gasteiger partial charge in [0, 0.05) is 17.7 Å². The Morgan fingerprint density at radius 1 is 1.39 bits per heavy atom. The fourth-order valence-corrected chi connectivity index (χ4v) is 3.58. The molecule has 3 unspecified atom stereocenters. The molecule has 0 amide bonds. The molecule has 0 spiro atoms. The Hall–Kier alpha value is -1.38. The monoisotopic (exact) mass is 245 g/mol. The number of Topliss-reactive ketones (excluding diaryl/α,β-unsaturated/α-hetero) is 1. The van der Waals surface area contributed by atoms with E-state index in [9.17, 15) is 4.79 Å². The standard InChI is InChI=1S/C15H19NO2/c1-2-18-13-7-12(8-16-9-13)15(17)14-6-10-3-4-11(14)5-10/h7-11,14H,2-6H2,1H3. The Morgan fingerprint density at radius 3 is 2.94 bits per heavy atom. The van der Waals surface area contributed by atoms with Gasteiger partial charge in [0.25, 0.3) is 0 Å². The fourth-order valence-electron chi connectivity index (χ4n) is 3.58. The van der Waals surface area contributed by atoms with Gasteiger partial charge in [0.05, 0.1) is 12.8 Å². The van der Waals surface area contributed by atoms with Crippen molar-refractivity contribution in [2.75, 3.05) is 6.61 Å². The first-order chi connectivity index (χ1) is 8.78. The molecule has 0 aromatic carbocycles. The molecule has 18 heavy (non-hydrogen) atoms. The minimum absolute atomic E-state index is 0.238. The molecule has 0 radical (unpaired) electrons. The van der Waals surface area contributed by atoms with Gasteiger partial charge in [0.2, 0.25) is 0 Å². The van der Waals surface area contributed by atoms with Crippen LogP contribution in [0.3, 0.4) is 0 Å². The van der Waals surface area contributed by atoms with Crippen LogP contribution in [0.5, 0.6) is 5.75 Å². The highest BCUT2D eigenvalue weighted by molar-refractivity contribution is 5.98. The van der Waals surface area contributed by atoms with Crippen LogP contribution in [-0.4, -0.2) is 17.4 Å². The van der Waals surface area contributed by atoms with Gasteiger partial charge in [-0.25, -0.2) is 0 Å². The zero-order valence-corrected chi connectivity index (χ0v) is 10.8. The summed E-state index contributed by atoms with van der Waals surface area (Å²) in [4.78, 5) is 16.6. The van der Waals surface area contributed by atoms with Gasteiger partial charge >= 0.3 is 0 Å². The number of pyridine rings is 1. The summed E-state index contributed by atoms with van der Waals surface area (Å²) in [6.45, 7) is 2.54. The Morgan fingerprint density at radius 2 is 2.28 bits per heavy atom. The number of nitrogens with zero attached hydrogens (tertiary/aromatic N) is 1. The van der Waals surface area contributed by atoms with Gasteiger partial charge in [-0.3, -0.25) is 9.78 Å². The highest BCUT2D eigenvalue weighted by Crippen LogP contribution is 2.49. The third-order valence-electron chi connectivity index (χ3n) is 4.38. The molecule has 2 aliphatic carbocycles. The van der Waals surface area contributed by atoms with E-state index in [1.165, 1.54) is 19.3 Å².